The summed E-state index contributed by atoms with van der Waals surface area (Å²) in [4.78, 5) is 0. The molecule has 1 heterocycles. The van der Waals surface area contributed by atoms with E-state index in [1.807, 2.05) is 6.92 Å². The summed E-state index contributed by atoms with van der Waals surface area (Å²) in [6.45, 7) is 3.91. The van der Waals surface area contributed by atoms with Gasteiger partial charge in [0.15, 0.2) is 0 Å². The molecule has 1 saturated heterocycles. The average Bonchev–Trinajstić information content (AvgIpc) is 2.11. The molecule has 0 radical (unpaired) electrons. The average molecular weight is 193 g/mol. The molecule has 0 spiro atoms. The largest absolute Gasteiger partial charge is 0.315 e. The summed E-state index contributed by atoms with van der Waals surface area (Å²) in [5, 5.41) is 8.18. The van der Waals surface area contributed by atoms with Gasteiger partial charge in [-0.05, 0) is 19.9 Å². The number of nitrogens with one attached hydrogen (secondary N) is 1. The molecule has 3 N–H and O–H groups in total. The molecule has 1 fully saturated rings. The van der Waals surface area contributed by atoms with Gasteiger partial charge in [0.1, 0.15) is 0 Å². The van der Waals surface area contributed by atoms with E-state index < -0.39 is 10.2 Å². The molecule has 0 aliphatic carbocycles. The molecule has 12 heavy (non-hydrogen) atoms. The van der Waals surface area contributed by atoms with Crippen molar-refractivity contribution in [2.45, 2.75) is 19.4 Å². The second-order valence-electron chi connectivity index (χ2n) is 3.06. The Balaban J connectivity index is 2.72. The summed E-state index contributed by atoms with van der Waals surface area (Å²) >= 11 is 0. The highest BCUT2D eigenvalue weighted by Gasteiger charge is 2.24. The summed E-state index contributed by atoms with van der Waals surface area (Å²) < 4.78 is 23.4. The maximum Gasteiger partial charge on any atom is 0.277 e. The van der Waals surface area contributed by atoms with Gasteiger partial charge in [-0.1, -0.05) is 0 Å². The number of hydrogen-bond donors (Lipinski definition) is 2. The lowest BCUT2D eigenvalue weighted by Crippen LogP contribution is -2.44. The zero-order valence-corrected chi connectivity index (χ0v) is 7.97. The Labute approximate surface area is 73.1 Å². The third-order valence-corrected chi connectivity index (χ3v) is 3.19. The molecular weight excluding hydrogens is 178 g/mol. The van der Waals surface area contributed by atoms with Crippen molar-refractivity contribution in [3.05, 3.63) is 0 Å². The van der Waals surface area contributed by atoms with Crippen LogP contribution >= 0.6 is 0 Å². The van der Waals surface area contributed by atoms with Crippen LogP contribution in [0.2, 0.25) is 0 Å². The number of hydrogen-bond acceptors (Lipinski definition) is 3. The Hall–Kier alpha value is -0.170. The Kier molecular flexibility index (Phi) is 3.05. The third kappa shape index (κ3) is 2.41. The van der Waals surface area contributed by atoms with Crippen LogP contribution in [-0.2, 0) is 10.2 Å². The molecule has 6 heteroatoms. The minimum absolute atomic E-state index is 0.0394. The monoisotopic (exact) mass is 193 g/mol. The summed E-state index contributed by atoms with van der Waals surface area (Å²) in [7, 11) is -3.51. The van der Waals surface area contributed by atoms with E-state index in [1.165, 1.54) is 4.31 Å². The predicted molar refractivity (Wildman–Crippen MR) is 46.8 cm³/mol. The van der Waals surface area contributed by atoms with E-state index >= 15 is 0 Å². The lowest BCUT2D eigenvalue weighted by Gasteiger charge is -2.22. The first-order valence-corrected chi connectivity index (χ1v) is 5.52. The van der Waals surface area contributed by atoms with Crippen molar-refractivity contribution in [3.8, 4) is 0 Å². The molecule has 0 aromatic carbocycles. The first-order valence-electron chi connectivity index (χ1n) is 4.02. The van der Waals surface area contributed by atoms with E-state index in [4.69, 9.17) is 5.14 Å². The van der Waals surface area contributed by atoms with Crippen LogP contribution in [0.4, 0.5) is 0 Å². The van der Waals surface area contributed by atoms with E-state index in [9.17, 15) is 8.42 Å². The lowest BCUT2D eigenvalue weighted by atomic mass is 10.3. The van der Waals surface area contributed by atoms with Crippen molar-refractivity contribution in [1.29, 1.82) is 0 Å². The van der Waals surface area contributed by atoms with Gasteiger partial charge in [0.25, 0.3) is 10.2 Å². The minimum atomic E-state index is -3.51. The van der Waals surface area contributed by atoms with E-state index in [0.717, 1.165) is 13.0 Å². The first-order chi connectivity index (χ1) is 5.52. The molecule has 5 nitrogen and oxygen atoms in total. The van der Waals surface area contributed by atoms with Gasteiger partial charge in [-0.3, -0.25) is 0 Å². The van der Waals surface area contributed by atoms with Gasteiger partial charge in [-0.2, -0.15) is 12.7 Å². The standard InChI is InChI=1S/C6H15N3O2S/c1-6-5-8-3-2-4-9(6)12(7,10)11/h6,8H,2-5H2,1H3,(H2,7,10,11). The van der Waals surface area contributed by atoms with Crippen LogP contribution in [0.15, 0.2) is 0 Å². The Morgan fingerprint density at radius 2 is 2.25 bits per heavy atom. The molecule has 1 atom stereocenters. The third-order valence-electron chi connectivity index (χ3n) is 1.99. The topological polar surface area (TPSA) is 75.4 Å². The quantitative estimate of drug-likeness (QED) is 0.553. The fraction of sp³-hybridized carbons (Fsp3) is 1.00. The number of nitrogens with two attached hydrogens (primary N) is 1. The molecule has 0 saturated carbocycles. The van der Waals surface area contributed by atoms with Gasteiger partial charge in [0, 0.05) is 19.1 Å². The zero-order valence-electron chi connectivity index (χ0n) is 7.16. The van der Waals surface area contributed by atoms with E-state index in [0.29, 0.717) is 13.1 Å². The first kappa shape index (κ1) is 9.91. The van der Waals surface area contributed by atoms with E-state index in [2.05, 4.69) is 5.32 Å². The van der Waals surface area contributed by atoms with Crippen LogP contribution in [0.3, 0.4) is 0 Å². The minimum Gasteiger partial charge on any atom is -0.315 e. The van der Waals surface area contributed by atoms with E-state index in [1.54, 1.807) is 0 Å². The second-order valence-corrected chi connectivity index (χ2v) is 4.56. The smallest absolute Gasteiger partial charge is 0.277 e. The molecule has 1 unspecified atom stereocenters. The van der Waals surface area contributed by atoms with Gasteiger partial charge >= 0.3 is 0 Å². The molecule has 0 amide bonds. The molecular formula is C6H15N3O2S. The normalized spacial score (nSPS) is 28.3. The predicted octanol–water partition coefficient (Wildman–Crippen LogP) is -1.13. The highest BCUT2D eigenvalue weighted by Crippen LogP contribution is 2.06. The highest BCUT2D eigenvalue weighted by atomic mass is 32.2. The fourth-order valence-corrected chi connectivity index (χ4v) is 2.33. The van der Waals surface area contributed by atoms with E-state index in [-0.39, 0.29) is 6.04 Å². The number of nitrogens with zero attached hydrogens (tertiary/aromatic N) is 1. The maximum atomic E-state index is 11.0. The van der Waals surface area contributed by atoms with Crippen LogP contribution in [0.5, 0.6) is 0 Å². The molecule has 0 aromatic heterocycles. The van der Waals surface area contributed by atoms with Crippen LogP contribution in [-0.4, -0.2) is 38.4 Å². The van der Waals surface area contributed by atoms with Crippen LogP contribution in [0, 0.1) is 0 Å². The molecule has 0 bridgehead atoms. The lowest BCUT2D eigenvalue weighted by molar-refractivity contribution is 0.354. The molecule has 1 aliphatic rings. The van der Waals surface area contributed by atoms with Gasteiger partial charge in [0.05, 0.1) is 0 Å². The van der Waals surface area contributed by atoms with Crippen LogP contribution in [0.1, 0.15) is 13.3 Å². The van der Waals surface area contributed by atoms with Crippen molar-refractivity contribution in [2.75, 3.05) is 19.6 Å². The number of rotatable bonds is 1. The molecule has 72 valence electrons. The Morgan fingerprint density at radius 1 is 1.58 bits per heavy atom. The van der Waals surface area contributed by atoms with Gasteiger partial charge < -0.3 is 5.32 Å². The molecule has 1 aliphatic heterocycles. The van der Waals surface area contributed by atoms with Crippen molar-refractivity contribution in [2.24, 2.45) is 5.14 Å². The fourth-order valence-electron chi connectivity index (χ4n) is 1.37. The van der Waals surface area contributed by atoms with Gasteiger partial charge in [-0.25, -0.2) is 5.14 Å². The van der Waals surface area contributed by atoms with Crippen LogP contribution in [0.25, 0.3) is 0 Å². The van der Waals surface area contributed by atoms with Crippen molar-refractivity contribution in [3.63, 3.8) is 0 Å². The van der Waals surface area contributed by atoms with Crippen molar-refractivity contribution >= 4 is 10.2 Å². The second kappa shape index (κ2) is 3.69. The summed E-state index contributed by atoms with van der Waals surface area (Å²) in [6, 6.07) is -0.0394. The van der Waals surface area contributed by atoms with Crippen molar-refractivity contribution in [1.82, 2.24) is 9.62 Å². The Morgan fingerprint density at radius 3 is 2.83 bits per heavy atom. The van der Waals surface area contributed by atoms with Crippen LogP contribution < -0.4 is 10.5 Å². The SMILES string of the molecule is CC1CNCCCN1S(N)(=O)=O. The van der Waals surface area contributed by atoms with Crippen molar-refractivity contribution < 1.29 is 8.42 Å². The zero-order chi connectivity index (χ0) is 9.19. The summed E-state index contributed by atoms with van der Waals surface area (Å²) in [5.74, 6) is 0. The maximum absolute atomic E-state index is 11.0. The molecule has 0 aromatic rings. The Bertz CT molecular complexity index is 239. The summed E-state index contributed by atoms with van der Waals surface area (Å²) in [6.07, 6.45) is 0.820. The van der Waals surface area contributed by atoms with Gasteiger partial charge in [0.2, 0.25) is 0 Å². The van der Waals surface area contributed by atoms with Gasteiger partial charge in [-0.15, -0.1) is 0 Å². The molecule has 1 rings (SSSR count). The summed E-state index contributed by atoms with van der Waals surface area (Å²) in [5.41, 5.74) is 0. The highest BCUT2D eigenvalue weighted by molar-refractivity contribution is 7.86.